The van der Waals surface area contributed by atoms with Gasteiger partial charge in [-0.25, -0.2) is 4.79 Å². The van der Waals surface area contributed by atoms with E-state index in [1.165, 1.54) is 0 Å². The largest absolute Gasteiger partial charge is 0.336 e. The van der Waals surface area contributed by atoms with Crippen molar-refractivity contribution in [2.24, 2.45) is 0 Å². The van der Waals surface area contributed by atoms with Gasteiger partial charge in [0.1, 0.15) is 0 Å². The van der Waals surface area contributed by atoms with Crippen LogP contribution >= 0.6 is 0 Å². The predicted octanol–water partition coefficient (Wildman–Crippen LogP) is 1.73. The fourth-order valence-corrected chi connectivity index (χ4v) is 3.25. The van der Waals surface area contributed by atoms with Crippen LogP contribution in [0, 0.1) is 0 Å². The highest BCUT2D eigenvalue weighted by Crippen LogP contribution is 2.24. The smallest absolute Gasteiger partial charge is 0.324 e. The molecular weight excluding hydrogens is 294 g/mol. The van der Waals surface area contributed by atoms with E-state index in [0.29, 0.717) is 17.9 Å². The number of carbonyl (C=O) groups excluding carboxylic acids is 1. The van der Waals surface area contributed by atoms with Crippen molar-refractivity contribution in [1.82, 2.24) is 20.4 Å². The number of amides is 2. The molecule has 1 aromatic carbocycles. The Morgan fingerprint density at radius 1 is 1.13 bits per heavy atom. The van der Waals surface area contributed by atoms with Gasteiger partial charge in [-0.1, -0.05) is 35.5 Å². The second kappa shape index (κ2) is 5.91. The zero-order valence-electron chi connectivity index (χ0n) is 12.8. The molecule has 0 bridgehead atoms. The Labute approximate surface area is 134 Å². The fourth-order valence-electron chi connectivity index (χ4n) is 3.25. The summed E-state index contributed by atoms with van der Waals surface area (Å²) in [7, 11) is 0. The van der Waals surface area contributed by atoms with Crippen LogP contribution in [0.15, 0.2) is 34.9 Å². The van der Waals surface area contributed by atoms with Crippen molar-refractivity contribution in [3.8, 4) is 11.4 Å². The molecule has 0 unspecified atom stereocenters. The van der Waals surface area contributed by atoms with E-state index in [4.69, 9.17) is 4.52 Å². The molecule has 2 saturated heterocycles. The van der Waals surface area contributed by atoms with Gasteiger partial charge in [-0.2, -0.15) is 4.98 Å². The summed E-state index contributed by atoms with van der Waals surface area (Å²) in [6.07, 6.45) is 1.85. The molecule has 2 aromatic rings. The van der Waals surface area contributed by atoms with Gasteiger partial charge in [0, 0.05) is 37.8 Å². The highest BCUT2D eigenvalue weighted by Gasteiger charge is 2.31. The van der Waals surface area contributed by atoms with Gasteiger partial charge < -0.3 is 19.6 Å². The van der Waals surface area contributed by atoms with Gasteiger partial charge in [0.15, 0.2) is 0 Å². The lowest BCUT2D eigenvalue weighted by atomic mass is 10.0. The molecule has 2 aliphatic heterocycles. The Kier molecular flexibility index (Phi) is 3.61. The average Bonchev–Trinajstić information content (AvgIpc) is 3.25. The minimum Gasteiger partial charge on any atom is -0.336 e. The van der Waals surface area contributed by atoms with Gasteiger partial charge in [0.05, 0.1) is 0 Å². The molecule has 3 heterocycles. The average molecular weight is 313 g/mol. The van der Waals surface area contributed by atoms with E-state index in [-0.39, 0.29) is 6.03 Å². The summed E-state index contributed by atoms with van der Waals surface area (Å²) in [5, 5.41) is 6.93. The number of rotatable bonds is 3. The number of benzene rings is 1. The zero-order chi connectivity index (χ0) is 15.6. The van der Waals surface area contributed by atoms with E-state index < -0.39 is 0 Å². The van der Waals surface area contributed by atoms with Gasteiger partial charge in [0.25, 0.3) is 0 Å². The lowest BCUT2D eigenvalue weighted by molar-refractivity contribution is 0.185. The SMILES string of the molecule is O=C1NCCN1C1CCN(c2nc(-c3ccccc3)no2)CC1. The van der Waals surface area contributed by atoms with E-state index >= 15 is 0 Å². The first-order chi connectivity index (χ1) is 11.3. The Morgan fingerprint density at radius 2 is 1.91 bits per heavy atom. The number of anilines is 1. The molecule has 2 fully saturated rings. The van der Waals surface area contributed by atoms with E-state index in [1.54, 1.807) is 0 Å². The van der Waals surface area contributed by atoms with Crippen LogP contribution in [-0.4, -0.2) is 53.3 Å². The maximum atomic E-state index is 11.7. The molecule has 4 rings (SSSR count). The van der Waals surface area contributed by atoms with Crippen LogP contribution < -0.4 is 10.2 Å². The first-order valence-corrected chi connectivity index (χ1v) is 8.00. The highest BCUT2D eigenvalue weighted by molar-refractivity contribution is 5.76. The molecule has 0 aliphatic carbocycles. The van der Waals surface area contributed by atoms with Crippen molar-refractivity contribution in [3.05, 3.63) is 30.3 Å². The molecule has 7 heteroatoms. The molecule has 0 atom stereocenters. The number of urea groups is 1. The summed E-state index contributed by atoms with van der Waals surface area (Å²) in [6, 6.07) is 10.7. The van der Waals surface area contributed by atoms with Gasteiger partial charge in [-0.05, 0) is 12.8 Å². The van der Waals surface area contributed by atoms with Crippen LogP contribution in [-0.2, 0) is 0 Å². The van der Waals surface area contributed by atoms with Crippen LogP contribution in [0.5, 0.6) is 0 Å². The monoisotopic (exact) mass is 313 g/mol. The molecule has 0 radical (unpaired) electrons. The fraction of sp³-hybridized carbons (Fsp3) is 0.438. The normalized spacial score (nSPS) is 19.2. The Balaban J connectivity index is 1.41. The van der Waals surface area contributed by atoms with Crippen LogP contribution in [0.25, 0.3) is 11.4 Å². The molecule has 7 nitrogen and oxygen atoms in total. The maximum Gasteiger partial charge on any atom is 0.324 e. The quantitative estimate of drug-likeness (QED) is 0.934. The summed E-state index contributed by atoms with van der Waals surface area (Å²) >= 11 is 0. The lowest BCUT2D eigenvalue weighted by Crippen LogP contribution is -2.46. The van der Waals surface area contributed by atoms with Crippen molar-refractivity contribution in [3.63, 3.8) is 0 Å². The maximum absolute atomic E-state index is 11.7. The zero-order valence-corrected chi connectivity index (χ0v) is 12.8. The van der Waals surface area contributed by atoms with Gasteiger partial charge in [0.2, 0.25) is 5.82 Å². The highest BCUT2D eigenvalue weighted by atomic mass is 16.5. The number of hydrogen-bond donors (Lipinski definition) is 1. The van der Waals surface area contributed by atoms with Crippen molar-refractivity contribution in [1.29, 1.82) is 0 Å². The van der Waals surface area contributed by atoms with Crippen LogP contribution in [0.1, 0.15) is 12.8 Å². The third-order valence-electron chi connectivity index (χ3n) is 4.51. The summed E-state index contributed by atoms with van der Waals surface area (Å²) < 4.78 is 5.41. The van der Waals surface area contributed by atoms with Gasteiger partial charge in [-0.15, -0.1) is 0 Å². The molecular formula is C16H19N5O2. The van der Waals surface area contributed by atoms with E-state index in [0.717, 1.165) is 44.6 Å². The third kappa shape index (κ3) is 2.74. The van der Waals surface area contributed by atoms with E-state index in [1.807, 2.05) is 35.2 Å². The third-order valence-corrected chi connectivity index (χ3v) is 4.51. The first-order valence-electron chi connectivity index (χ1n) is 8.00. The number of nitrogens with zero attached hydrogens (tertiary/aromatic N) is 4. The predicted molar refractivity (Wildman–Crippen MR) is 85.1 cm³/mol. The van der Waals surface area contributed by atoms with Gasteiger partial charge in [-0.3, -0.25) is 0 Å². The van der Waals surface area contributed by atoms with E-state index in [9.17, 15) is 4.79 Å². The van der Waals surface area contributed by atoms with Crippen molar-refractivity contribution in [2.45, 2.75) is 18.9 Å². The first kappa shape index (κ1) is 14.0. The summed E-state index contributed by atoms with van der Waals surface area (Å²) in [6.45, 7) is 3.21. The number of piperidine rings is 1. The second-order valence-electron chi connectivity index (χ2n) is 5.91. The van der Waals surface area contributed by atoms with Crippen LogP contribution in [0.3, 0.4) is 0 Å². The number of carbonyl (C=O) groups is 1. The second-order valence-corrected chi connectivity index (χ2v) is 5.91. The molecule has 0 spiro atoms. The number of nitrogens with one attached hydrogen (secondary N) is 1. The molecule has 120 valence electrons. The molecule has 2 aliphatic rings. The summed E-state index contributed by atoms with van der Waals surface area (Å²) in [5.41, 5.74) is 0.950. The van der Waals surface area contributed by atoms with Crippen molar-refractivity contribution < 1.29 is 9.32 Å². The molecule has 1 N–H and O–H groups in total. The topological polar surface area (TPSA) is 74.5 Å². The molecule has 0 saturated carbocycles. The van der Waals surface area contributed by atoms with Crippen LogP contribution in [0.4, 0.5) is 10.8 Å². The van der Waals surface area contributed by atoms with Gasteiger partial charge >= 0.3 is 12.0 Å². The summed E-state index contributed by atoms with van der Waals surface area (Å²) in [4.78, 5) is 20.3. The standard InChI is InChI=1S/C16H19N5O2/c22-15-17-8-11-21(15)13-6-9-20(10-7-13)16-18-14(19-23-16)12-4-2-1-3-5-12/h1-5,13H,6-11H2,(H,17,22). The minimum atomic E-state index is 0.0626. The molecule has 23 heavy (non-hydrogen) atoms. The minimum absolute atomic E-state index is 0.0626. The Bertz CT molecular complexity index is 679. The van der Waals surface area contributed by atoms with E-state index in [2.05, 4.69) is 20.4 Å². The number of aromatic nitrogens is 2. The van der Waals surface area contributed by atoms with Crippen molar-refractivity contribution >= 4 is 12.0 Å². The Morgan fingerprint density at radius 3 is 2.61 bits per heavy atom. The van der Waals surface area contributed by atoms with Crippen LogP contribution in [0.2, 0.25) is 0 Å². The molecule has 2 amide bonds. The Hall–Kier alpha value is -2.57. The summed E-state index contributed by atoms with van der Waals surface area (Å²) in [5.74, 6) is 0.613. The number of hydrogen-bond acceptors (Lipinski definition) is 5. The van der Waals surface area contributed by atoms with Crippen molar-refractivity contribution in [2.75, 3.05) is 31.1 Å². The lowest BCUT2D eigenvalue weighted by Gasteiger charge is -2.35. The molecule has 1 aromatic heterocycles.